The summed E-state index contributed by atoms with van der Waals surface area (Å²) in [5, 5.41) is 13.2. The van der Waals surface area contributed by atoms with Crippen LogP contribution in [0.25, 0.3) is 22.2 Å². The smallest absolute Gasteiger partial charge is 0.0924 e. The fourth-order valence-corrected chi connectivity index (χ4v) is 4.83. The van der Waals surface area contributed by atoms with Crippen LogP contribution in [0.3, 0.4) is 0 Å². The van der Waals surface area contributed by atoms with E-state index in [9.17, 15) is 5.11 Å². The van der Waals surface area contributed by atoms with Crippen molar-refractivity contribution in [3.05, 3.63) is 61.6 Å². The van der Waals surface area contributed by atoms with Gasteiger partial charge in [0, 0.05) is 26.1 Å². The summed E-state index contributed by atoms with van der Waals surface area (Å²) in [5.41, 5.74) is 3.30. The van der Waals surface area contributed by atoms with Crippen LogP contribution in [-0.2, 0) is 0 Å². The van der Waals surface area contributed by atoms with Gasteiger partial charge in [-0.15, -0.1) is 0 Å². The lowest BCUT2D eigenvalue weighted by atomic mass is 9.99. The van der Waals surface area contributed by atoms with Gasteiger partial charge in [-0.25, -0.2) is 4.98 Å². The predicted octanol–water partition coefficient (Wildman–Crippen LogP) is 7.75. The molecule has 3 nitrogen and oxygen atoms in total. The Morgan fingerprint density at radius 2 is 1.74 bits per heavy atom. The van der Waals surface area contributed by atoms with E-state index in [-0.39, 0.29) is 0 Å². The molecule has 31 heavy (non-hydrogen) atoms. The molecule has 0 aliphatic rings. The standard InChI is InChI=1S/C25H29Cl2IN2O/c1-3-5-10-30(11-6-4-2)16-24(31)20-15-23(17-8-7-9-19(28)12-17)29-25-21(20)13-18(26)14-22(25)27/h7-9,12-15,24,31H,3-6,10-11,16H2,1-2H3/t24-/m0/s1. The van der Waals surface area contributed by atoms with Crippen molar-refractivity contribution in [2.75, 3.05) is 19.6 Å². The quantitative estimate of drug-likeness (QED) is 0.253. The minimum atomic E-state index is -0.657. The van der Waals surface area contributed by atoms with Crippen LogP contribution in [0.5, 0.6) is 0 Å². The van der Waals surface area contributed by atoms with Gasteiger partial charge in [0.05, 0.1) is 22.3 Å². The SMILES string of the molecule is CCCCN(CCCC)C[C@H](O)c1cc(-c2cccc(I)c2)nc2c(Cl)cc(Cl)cc12. The number of nitrogens with zero attached hydrogens (tertiary/aromatic N) is 2. The zero-order chi connectivity index (χ0) is 22.4. The van der Waals surface area contributed by atoms with Crippen LogP contribution >= 0.6 is 45.8 Å². The maximum atomic E-state index is 11.3. The number of benzene rings is 2. The Morgan fingerprint density at radius 3 is 2.39 bits per heavy atom. The molecule has 0 aliphatic carbocycles. The lowest BCUT2D eigenvalue weighted by molar-refractivity contribution is 0.112. The second kappa shape index (κ2) is 11.8. The van der Waals surface area contributed by atoms with Gasteiger partial charge in [-0.2, -0.15) is 0 Å². The van der Waals surface area contributed by atoms with E-state index in [1.165, 1.54) is 0 Å². The number of aliphatic hydroxyl groups is 1. The average molecular weight is 571 g/mol. The highest BCUT2D eigenvalue weighted by molar-refractivity contribution is 14.1. The lowest BCUT2D eigenvalue weighted by Gasteiger charge is -2.26. The summed E-state index contributed by atoms with van der Waals surface area (Å²) in [4.78, 5) is 7.19. The van der Waals surface area contributed by atoms with Crippen LogP contribution in [0.15, 0.2) is 42.5 Å². The Balaban J connectivity index is 2.05. The zero-order valence-corrected chi connectivity index (χ0v) is 21.7. The van der Waals surface area contributed by atoms with Gasteiger partial charge in [-0.3, -0.25) is 0 Å². The third kappa shape index (κ3) is 6.55. The fourth-order valence-electron chi connectivity index (χ4n) is 3.75. The van der Waals surface area contributed by atoms with Crippen LogP contribution in [0.4, 0.5) is 0 Å². The van der Waals surface area contributed by atoms with Gasteiger partial charge in [-0.1, -0.05) is 62.0 Å². The van der Waals surface area contributed by atoms with E-state index < -0.39 is 6.10 Å². The van der Waals surface area contributed by atoms with Gasteiger partial charge in [0.1, 0.15) is 0 Å². The van der Waals surface area contributed by atoms with Gasteiger partial charge in [0.15, 0.2) is 0 Å². The molecule has 1 aromatic heterocycles. The summed E-state index contributed by atoms with van der Waals surface area (Å²) >= 11 is 15.1. The highest BCUT2D eigenvalue weighted by Gasteiger charge is 2.19. The molecule has 0 bridgehead atoms. The maximum Gasteiger partial charge on any atom is 0.0924 e. The summed E-state index contributed by atoms with van der Waals surface area (Å²) < 4.78 is 1.13. The normalized spacial score (nSPS) is 12.6. The minimum Gasteiger partial charge on any atom is -0.387 e. The van der Waals surface area contributed by atoms with Crippen LogP contribution in [0.1, 0.15) is 51.2 Å². The molecule has 0 radical (unpaired) electrons. The van der Waals surface area contributed by atoms with Crippen LogP contribution in [-0.4, -0.2) is 34.6 Å². The van der Waals surface area contributed by atoms with E-state index in [4.69, 9.17) is 28.2 Å². The summed E-state index contributed by atoms with van der Waals surface area (Å²) in [6.45, 7) is 6.95. The summed E-state index contributed by atoms with van der Waals surface area (Å²) in [5.74, 6) is 0. The molecule has 2 aromatic carbocycles. The first kappa shape index (κ1) is 24.7. The van der Waals surface area contributed by atoms with Gasteiger partial charge in [-0.05, 0) is 84.4 Å². The third-order valence-corrected chi connectivity index (χ3v) is 6.61. The molecule has 0 aliphatic heterocycles. The number of aliphatic hydroxyl groups excluding tert-OH is 1. The van der Waals surface area contributed by atoms with Crippen molar-refractivity contribution >= 4 is 56.7 Å². The van der Waals surface area contributed by atoms with Crippen molar-refractivity contribution < 1.29 is 5.11 Å². The largest absolute Gasteiger partial charge is 0.387 e. The van der Waals surface area contributed by atoms with E-state index in [2.05, 4.69) is 47.4 Å². The number of hydrogen-bond donors (Lipinski definition) is 1. The molecule has 6 heteroatoms. The van der Waals surface area contributed by atoms with E-state index in [1.54, 1.807) is 6.07 Å². The Kier molecular flexibility index (Phi) is 9.41. The number of unbranched alkanes of at least 4 members (excludes halogenated alkanes) is 2. The highest BCUT2D eigenvalue weighted by atomic mass is 127. The maximum absolute atomic E-state index is 11.3. The van der Waals surface area contributed by atoms with Crippen molar-refractivity contribution in [2.24, 2.45) is 0 Å². The summed E-state index contributed by atoms with van der Waals surface area (Å²) in [6, 6.07) is 13.7. The van der Waals surface area contributed by atoms with Gasteiger partial charge >= 0.3 is 0 Å². The molecule has 0 unspecified atom stereocenters. The molecular weight excluding hydrogens is 542 g/mol. The zero-order valence-electron chi connectivity index (χ0n) is 18.0. The van der Waals surface area contributed by atoms with E-state index in [0.29, 0.717) is 22.1 Å². The van der Waals surface area contributed by atoms with Crippen LogP contribution in [0.2, 0.25) is 10.0 Å². The second-order valence-corrected chi connectivity index (χ2v) is 10.0. The molecule has 3 aromatic rings. The molecule has 1 heterocycles. The number of rotatable bonds is 10. The predicted molar refractivity (Wildman–Crippen MR) is 141 cm³/mol. The van der Waals surface area contributed by atoms with E-state index in [1.807, 2.05) is 30.3 Å². The van der Waals surface area contributed by atoms with Crippen molar-refractivity contribution in [1.29, 1.82) is 0 Å². The van der Waals surface area contributed by atoms with Crippen LogP contribution < -0.4 is 0 Å². The molecule has 0 fully saturated rings. The molecule has 0 spiro atoms. The molecule has 0 amide bonds. The number of pyridine rings is 1. The Labute approximate surface area is 208 Å². The van der Waals surface area contributed by atoms with Gasteiger partial charge in [0.25, 0.3) is 0 Å². The number of halogens is 3. The first-order chi connectivity index (χ1) is 14.9. The molecule has 0 saturated carbocycles. The number of fused-ring (bicyclic) bond motifs is 1. The monoisotopic (exact) mass is 570 g/mol. The Morgan fingerprint density at radius 1 is 1.03 bits per heavy atom. The number of hydrogen-bond acceptors (Lipinski definition) is 3. The lowest BCUT2D eigenvalue weighted by Crippen LogP contribution is -2.31. The molecule has 3 rings (SSSR count). The van der Waals surface area contributed by atoms with Crippen molar-refractivity contribution in [3.63, 3.8) is 0 Å². The van der Waals surface area contributed by atoms with E-state index >= 15 is 0 Å². The summed E-state index contributed by atoms with van der Waals surface area (Å²) in [7, 11) is 0. The minimum absolute atomic E-state index is 0.497. The first-order valence-corrected chi connectivity index (χ1v) is 12.7. The molecule has 166 valence electrons. The van der Waals surface area contributed by atoms with Gasteiger partial charge < -0.3 is 10.0 Å². The Bertz CT molecular complexity index is 1020. The molecule has 0 saturated heterocycles. The van der Waals surface area contributed by atoms with Crippen molar-refractivity contribution in [2.45, 2.75) is 45.6 Å². The van der Waals surface area contributed by atoms with Crippen molar-refractivity contribution in [1.82, 2.24) is 9.88 Å². The fraction of sp³-hybridized carbons (Fsp3) is 0.400. The third-order valence-electron chi connectivity index (χ3n) is 5.43. The Hall–Kier alpha value is -0.920. The molecule has 1 N–H and O–H groups in total. The van der Waals surface area contributed by atoms with Crippen LogP contribution in [0, 0.1) is 3.57 Å². The van der Waals surface area contributed by atoms with Gasteiger partial charge in [0.2, 0.25) is 0 Å². The first-order valence-electron chi connectivity index (χ1n) is 10.9. The van der Waals surface area contributed by atoms with E-state index in [0.717, 1.165) is 64.6 Å². The molecule has 1 atom stereocenters. The number of aromatic nitrogens is 1. The summed E-state index contributed by atoms with van der Waals surface area (Å²) in [6.07, 6.45) is 3.87. The topological polar surface area (TPSA) is 36.4 Å². The second-order valence-electron chi connectivity index (χ2n) is 7.91. The molecular formula is C25H29Cl2IN2O. The highest BCUT2D eigenvalue weighted by Crippen LogP contribution is 2.35. The van der Waals surface area contributed by atoms with Crippen molar-refractivity contribution in [3.8, 4) is 11.3 Å². The average Bonchev–Trinajstić information content (AvgIpc) is 2.74.